The van der Waals surface area contributed by atoms with Crippen molar-refractivity contribution < 1.29 is 14.4 Å². The van der Waals surface area contributed by atoms with Gasteiger partial charge >= 0.3 is 0 Å². The molecule has 7 nitrogen and oxygen atoms in total. The summed E-state index contributed by atoms with van der Waals surface area (Å²) in [7, 11) is 0. The Balaban J connectivity index is 1.52. The fourth-order valence-electron chi connectivity index (χ4n) is 4.43. The Morgan fingerprint density at radius 2 is 2.17 bits per heavy atom. The third-order valence-electron chi connectivity index (χ3n) is 5.94. The summed E-state index contributed by atoms with van der Waals surface area (Å²) >= 11 is 0. The molecule has 0 unspecified atom stereocenters. The molecule has 5 N–H and O–H groups in total. The number of nitrogens with two attached hydrogens (primary N) is 1. The summed E-state index contributed by atoms with van der Waals surface area (Å²) in [5.41, 5.74) is 5.70. The Morgan fingerprint density at radius 1 is 1.43 bits per heavy atom. The van der Waals surface area contributed by atoms with Crippen LogP contribution in [0.4, 0.5) is 0 Å². The van der Waals surface area contributed by atoms with Crippen LogP contribution in [0.2, 0.25) is 0 Å². The van der Waals surface area contributed by atoms with Crippen LogP contribution in [-0.2, 0) is 14.4 Å². The van der Waals surface area contributed by atoms with Crippen LogP contribution >= 0.6 is 0 Å². The minimum Gasteiger partial charge on any atom is -0.368 e. The number of carbonyl (C=O) groups is 3. The fourth-order valence-corrected chi connectivity index (χ4v) is 4.43. The van der Waals surface area contributed by atoms with Crippen LogP contribution in [0.15, 0.2) is 0 Å². The average Bonchev–Trinajstić information content (AvgIpc) is 2.84. The molecule has 3 fully saturated rings. The van der Waals surface area contributed by atoms with Crippen molar-refractivity contribution in [3.63, 3.8) is 0 Å². The molecule has 2 saturated heterocycles. The van der Waals surface area contributed by atoms with Gasteiger partial charge in [0, 0.05) is 24.9 Å². The topological polar surface area (TPSA) is 113 Å². The summed E-state index contributed by atoms with van der Waals surface area (Å²) in [4.78, 5) is 35.5. The zero-order chi connectivity index (χ0) is 16.8. The van der Waals surface area contributed by atoms with Gasteiger partial charge in [0.05, 0.1) is 0 Å². The number of rotatable bonds is 6. The predicted octanol–water partition coefficient (Wildman–Crippen LogP) is -0.883. The number of hydrogen-bond donors (Lipinski definition) is 4. The van der Waals surface area contributed by atoms with Crippen LogP contribution in [0, 0.1) is 23.2 Å². The SMILES string of the molecule is CC1(C)[C@@H]2[C@@H](CC(=O)N[C@@H](C[C@@H]3CCNC3=O)C(N)=O)NC[C@@H]21. The summed E-state index contributed by atoms with van der Waals surface area (Å²) in [5.74, 6) is 0.111. The van der Waals surface area contributed by atoms with Crippen molar-refractivity contribution in [1.82, 2.24) is 16.0 Å². The van der Waals surface area contributed by atoms with Crippen molar-refractivity contribution in [3.8, 4) is 0 Å². The molecule has 128 valence electrons. The molecule has 0 aromatic carbocycles. The van der Waals surface area contributed by atoms with Gasteiger partial charge in [0.15, 0.2) is 0 Å². The van der Waals surface area contributed by atoms with Crippen molar-refractivity contribution in [3.05, 3.63) is 0 Å². The number of piperidine rings is 1. The van der Waals surface area contributed by atoms with Gasteiger partial charge in [0.2, 0.25) is 17.7 Å². The van der Waals surface area contributed by atoms with Crippen LogP contribution in [0.1, 0.15) is 33.1 Å². The summed E-state index contributed by atoms with van der Waals surface area (Å²) in [6.45, 7) is 6.04. The van der Waals surface area contributed by atoms with Gasteiger partial charge in [0.25, 0.3) is 0 Å². The van der Waals surface area contributed by atoms with E-state index in [2.05, 4.69) is 29.8 Å². The molecule has 2 aliphatic heterocycles. The highest BCUT2D eigenvalue weighted by Gasteiger charge is 2.64. The van der Waals surface area contributed by atoms with Crippen LogP contribution in [-0.4, -0.2) is 42.9 Å². The van der Waals surface area contributed by atoms with E-state index in [0.29, 0.717) is 36.6 Å². The van der Waals surface area contributed by atoms with Crippen LogP contribution in [0.3, 0.4) is 0 Å². The molecule has 0 aromatic rings. The minimum absolute atomic E-state index is 0.0643. The number of amides is 3. The molecular weight excluding hydrogens is 296 g/mol. The van der Waals surface area contributed by atoms with E-state index in [0.717, 1.165) is 6.54 Å². The highest BCUT2D eigenvalue weighted by molar-refractivity contribution is 5.88. The third-order valence-corrected chi connectivity index (χ3v) is 5.94. The second-order valence-corrected chi connectivity index (χ2v) is 7.71. The van der Waals surface area contributed by atoms with Gasteiger partial charge in [0.1, 0.15) is 6.04 Å². The standard InChI is InChI=1S/C16H26N4O3/c1-16(2)9-7-19-10(13(9)16)6-12(21)20-11(14(17)22)5-8-3-4-18-15(8)23/h8-11,13,19H,3-7H2,1-2H3,(H2,17,22)(H,18,23)(H,20,21)/t8-,9-,10+,11-,13-/m0/s1. The molecule has 0 spiro atoms. The lowest BCUT2D eigenvalue weighted by molar-refractivity contribution is -0.129. The van der Waals surface area contributed by atoms with E-state index in [9.17, 15) is 14.4 Å². The van der Waals surface area contributed by atoms with Gasteiger partial charge in [-0.1, -0.05) is 13.8 Å². The monoisotopic (exact) mass is 322 g/mol. The zero-order valence-electron chi connectivity index (χ0n) is 13.7. The molecule has 1 saturated carbocycles. The second-order valence-electron chi connectivity index (χ2n) is 7.71. The first-order valence-corrected chi connectivity index (χ1v) is 8.40. The second kappa shape index (κ2) is 5.78. The number of fused-ring (bicyclic) bond motifs is 1. The van der Waals surface area contributed by atoms with E-state index in [4.69, 9.17) is 5.73 Å². The number of carbonyl (C=O) groups excluding carboxylic acids is 3. The summed E-state index contributed by atoms with van der Waals surface area (Å²) in [5, 5.41) is 8.84. The van der Waals surface area contributed by atoms with E-state index < -0.39 is 11.9 Å². The highest BCUT2D eigenvalue weighted by atomic mass is 16.2. The van der Waals surface area contributed by atoms with E-state index >= 15 is 0 Å². The molecule has 2 heterocycles. The Bertz CT molecular complexity index is 533. The van der Waals surface area contributed by atoms with Gasteiger partial charge in [-0.05, 0) is 36.6 Å². The van der Waals surface area contributed by atoms with E-state index in [1.54, 1.807) is 0 Å². The lowest BCUT2D eigenvalue weighted by atomic mass is 9.97. The Hall–Kier alpha value is -1.63. The molecule has 1 aliphatic carbocycles. The highest BCUT2D eigenvalue weighted by Crippen LogP contribution is 2.62. The van der Waals surface area contributed by atoms with Gasteiger partial charge in [-0.3, -0.25) is 14.4 Å². The van der Waals surface area contributed by atoms with Crippen molar-refractivity contribution in [2.24, 2.45) is 28.9 Å². The fraction of sp³-hybridized carbons (Fsp3) is 0.812. The first-order chi connectivity index (χ1) is 10.8. The Morgan fingerprint density at radius 3 is 2.70 bits per heavy atom. The molecule has 0 radical (unpaired) electrons. The molecule has 5 atom stereocenters. The number of primary amides is 1. The first kappa shape index (κ1) is 16.2. The van der Waals surface area contributed by atoms with Crippen molar-refractivity contribution in [1.29, 1.82) is 0 Å². The predicted molar refractivity (Wildman–Crippen MR) is 84.0 cm³/mol. The summed E-state index contributed by atoms with van der Waals surface area (Å²) in [6, 6.07) is -0.612. The lowest BCUT2D eigenvalue weighted by Gasteiger charge is -2.21. The normalized spacial score (nSPS) is 35.3. The molecule has 3 amide bonds. The maximum atomic E-state index is 12.3. The van der Waals surface area contributed by atoms with Gasteiger partial charge < -0.3 is 21.7 Å². The van der Waals surface area contributed by atoms with Crippen molar-refractivity contribution in [2.45, 2.75) is 45.2 Å². The number of hydrogen-bond acceptors (Lipinski definition) is 4. The van der Waals surface area contributed by atoms with Gasteiger partial charge in [-0.15, -0.1) is 0 Å². The van der Waals surface area contributed by atoms with Crippen molar-refractivity contribution in [2.75, 3.05) is 13.1 Å². The van der Waals surface area contributed by atoms with Gasteiger partial charge in [-0.25, -0.2) is 0 Å². The van der Waals surface area contributed by atoms with E-state index in [1.165, 1.54) is 0 Å². The quantitative estimate of drug-likeness (QED) is 0.508. The van der Waals surface area contributed by atoms with Crippen LogP contribution in [0.25, 0.3) is 0 Å². The van der Waals surface area contributed by atoms with E-state index in [1.807, 2.05) is 0 Å². The van der Waals surface area contributed by atoms with Crippen LogP contribution < -0.4 is 21.7 Å². The molecule has 0 aromatic heterocycles. The van der Waals surface area contributed by atoms with Gasteiger partial charge in [-0.2, -0.15) is 0 Å². The van der Waals surface area contributed by atoms with Crippen LogP contribution in [0.5, 0.6) is 0 Å². The van der Waals surface area contributed by atoms with Crippen molar-refractivity contribution >= 4 is 17.7 Å². The smallest absolute Gasteiger partial charge is 0.240 e. The largest absolute Gasteiger partial charge is 0.368 e. The molecule has 3 aliphatic rings. The zero-order valence-corrected chi connectivity index (χ0v) is 13.7. The maximum absolute atomic E-state index is 12.3. The first-order valence-electron chi connectivity index (χ1n) is 8.40. The van der Waals surface area contributed by atoms with E-state index in [-0.39, 0.29) is 30.2 Å². The molecular formula is C16H26N4O3. The summed E-state index contributed by atoms with van der Waals surface area (Å²) < 4.78 is 0. The maximum Gasteiger partial charge on any atom is 0.240 e. The summed E-state index contributed by atoms with van der Waals surface area (Å²) in [6.07, 6.45) is 1.31. The Kier molecular flexibility index (Phi) is 4.08. The lowest BCUT2D eigenvalue weighted by Crippen LogP contribution is -2.47. The average molecular weight is 322 g/mol. The molecule has 3 rings (SSSR count). The number of nitrogens with one attached hydrogen (secondary N) is 3. The molecule has 23 heavy (non-hydrogen) atoms. The molecule has 7 heteroatoms. The third kappa shape index (κ3) is 3.06. The minimum atomic E-state index is -0.777. The molecule has 0 bridgehead atoms. The Labute approximate surface area is 136 Å².